The third-order valence-electron chi connectivity index (χ3n) is 4.42. The Labute approximate surface area is 178 Å². The molecule has 1 rings (SSSR count). The third kappa shape index (κ3) is 9.52. The molecule has 7 heteroatoms. The quantitative estimate of drug-likeness (QED) is 0.319. The summed E-state index contributed by atoms with van der Waals surface area (Å²) in [6.07, 6.45) is 4.24. The second kappa shape index (κ2) is 14.1. The molecule has 0 aliphatic heterocycles. The van der Waals surface area contributed by atoms with Gasteiger partial charge in [-0.15, -0.1) is 13.2 Å². The Balaban J connectivity index is 2.83. The number of aliphatic hydroxyl groups is 1. The summed E-state index contributed by atoms with van der Waals surface area (Å²) in [6, 6.07) is 8.25. The number of esters is 1. The van der Waals surface area contributed by atoms with Crippen molar-refractivity contribution in [2.75, 3.05) is 13.2 Å². The Kier molecular flexibility index (Phi) is 11.8. The first kappa shape index (κ1) is 25.1. The highest BCUT2D eigenvalue weighted by Gasteiger charge is 2.25. The van der Waals surface area contributed by atoms with Crippen molar-refractivity contribution < 1.29 is 24.2 Å². The number of ether oxygens (including phenoxy) is 1. The van der Waals surface area contributed by atoms with Gasteiger partial charge in [-0.3, -0.25) is 14.4 Å². The molecular formula is C23H32N2O5. The van der Waals surface area contributed by atoms with E-state index in [1.807, 2.05) is 30.3 Å². The molecule has 7 nitrogen and oxygen atoms in total. The maximum atomic E-state index is 12.9. The molecule has 0 aliphatic carbocycles. The van der Waals surface area contributed by atoms with E-state index in [0.717, 1.165) is 5.56 Å². The zero-order valence-corrected chi connectivity index (χ0v) is 17.5. The Morgan fingerprint density at radius 2 is 1.83 bits per heavy atom. The minimum absolute atomic E-state index is 0.0136. The third-order valence-corrected chi connectivity index (χ3v) is 4.42. The van der Waals surface area contributed by atoms with E-state index in [1.54, 1.807) is 19.1 Å². The van der Waals surface area contributed by atoms with Crippen LogP contribution in [-0.4, -0.2) is 42.1 Å². The van der Waals surface area contributed by atoms with Gasteiger partial charge in [-0.1, -0.05) is 42.5 Å². The fourth-order valence-electron chi connectivity index (χ4n) is 2.75. The van der Waals surface area contributed by atoms with Gasteiger partial charge < -0.3 is 20.5 Å². The molecule has 0 fully saturated rings. The van der Waals surface area contributed by atoms with E-state index in [0.29, 0.717) is 12.8 Å². The monoisotopic (exact) mass is 416 g/mol. The SMILES string of the molecule is C=CCCC(=O)OC[C@H](NC(=O)[C@@H](CC=C)CC(=O)N[C@@H](C)CO)c1ccccc1. The van der Waals surface area contributed by atoms with Crippen LogP contribution >= 0.6 is 0 Å². The Morgan fingerprint density at radius 1 is 1.13 bits per heavy atom. The molecule has 0 radical (unpaired) electrons. The van der Waals surface area contributed by atoms with E-state index < -0.39 is 18.0 Å². The van der Waals surface area contributed by atoms with Crippen molar-refractivity contribution in [3.63, 3.8) is 0 Å². The minimum Gasteiger partial charge on any atom is -0.463 e. The highest BCUT2D eigenvalue weighted by Crippen LogP contribution is 2.17. The maximum Gasteiger partial charge on any atom is 0.306 e. The van der Waals surface area contributed by atoms with Crippen molar-refractivity contribution in [1.82, 2.24) is 10.6 Å². The summed E-state index contributed by atoms with van der Waals surface area (Å²) in [5, 5.41) is 14.6. The van der Waals surface area contributed by atoms with Crippen molar-refractivity contribution in [2.24, 2.45) is 5.92 Å². The summed E-state index contributed by atoms with van der Waals surface area (Å²) in [6.45, 7) is 8.72. The first-order chi connectivity index (χ1) is 14.4. The summed E-state index contributed by atoms with van der Waals surface area (Å²) < 4.78 is 5.32. The van der Waals surface area contributed by atoms with E-state index in [2.05, 4.69) is 23.8 Å². The van der Waals surface area contributed by atoms with E-state index >= 15 is 0 Å². The predicted octanol–water partition coefficient (Wildman–Crippen LogP) is 2.43. The van der Waals surface area contributed by atoms with E-state index in [1.165, 1.54) is 0 Å². The number of amides is 2. The number of benzene rings is 1. The maximum absolute atomic E-state index is 12.9. The smallest absolute Gasteiger partial charge is 0.306 e. The summed E-state index contributed by atoms with van der Waals surface area (Å²) in [5.41, 5.74) is 0.790. The van der Waals surface area contributed by atoms with Gasteiger partial charge in [0.15, 0.2) is 0 Å². The zero-order chi connectivity index (χ0) is 22.4. The number of carbonyl (C=O) groups is 3. The van der Waals surface area contributed by atoms with Crippen molar-refractivity contribution in [2.45, 2.75) is 44.7 Å². The topological polar surface area (TPSA) is 105 Å². The summed E-state index contributed by atoms with van der Waals surface area (Å²) >= 11 is 0. The van der Waals surface area contributed by atoms with Gasteiger partial charge in [-0.05, 0) is 25.3 Å². The lowest BCUT2D eigenvalue weighted by molar-refractivity contribution is -0.145. The van der Waals surface area contributed by atoms with Gasteiger partial charge in [-0.25, -0.2) is 0 Å². The Bertz CT molecular complexity index is 705. The highest BCUT2D eigenvalue weighted by atomic mass is 16.5. The molecule has 0 unspecified atom stereocenters. The molecule has 0 aliphatic rings. The van der Waals surface area contributed by atoms with Crippen LogP contribution in [0.25, 0.3) is 0 Å². The Hall–Kier alpha value is -2.93. The molecule has 0 saturated carbocycles. The molecule has 1 aromatic rings. The second-order valence-electron chi connectivity index (χ2n) is 7.06. The molecule has 1 aromatic carbocycles. The van der Waals surface area contributed by atoms with Gasteiger partial charge in [0.25, 0.3) is 0 Å². The molecule has 3 atom stereocenters. The van der Waals surface area contributed by atoms with Gasteiger partial charge in [0.2, 0.25) is 11.8 Å². The minimum atomic E-state index is -0.629. The number of allylic oxidation sites excluding steroid dienone is 2. The predicted molar refractivity (Wildman–Crippen MR) is 115 cm³/mol. The summed E-state index contributed by atoms with van der Waals surface area (Å²) in [4.78, 5) is 36.9. The lowest BCUT2D eigenvalue weighted by atomic mass is 9.98. The highest BCUT2D eigenvalue weighted by molar-refractivity contribution is 5.86. The molecule has 0 spiro atoms. The van der Waals surface area contributed by atoms with Crippen LogP contribution in [0.3, 0.4) is 0 Å². The van der Waals surface area contributed by atoms with E-state index in [4.69, 9.17) is 9.84 Å². The van der Waals surface area contributed by atoms with E-state index in [-0.39, 0.29) is 43.8 Å². The molecule has 0 aromatic heterocycles. The van der Waals surface area contributed by atoms with Crippen LogP contribution < -0.4 is 10.6 Å². The number of rotatable bonds is 14. The Morgan fingerprint density at radius 3 is 2.43 bits per heavy atom. The van der Waals surface area contributed by atoms with Crippen LogP contribution in [0.1, 0.15) is 44.2 Å². The fraction of sp³-hybridized carbons (Fsp3) is 0.435. The lowest BCUT2D eigenvalue weighted by Crippen LogP contribution is -2.40. The zero-order valence-electron chi connectivity index (χ0n) is 17.5. The average Bonchev–Trinajstić information content (AvgIpc) is 2.75. The standard InChI is InChI=1S/C23H32N2O5/c1-4-6-13-22(28)30-16-20(18-11-8-7-9-12-18)25-23(29)19(10-5-2)14-21(27)24-17(3)15-26/h4-5,7-9,11-12,17,19-20,26H,1-2,6,10,13-16H2,3H3,(H,24,27)(H,25,29)/t17-,19-,20-/m0/s1. The van der Waals surface area contributed by atoms with Gasteiger partial charge in [0, 0.05) is 18.9 Å². The number of nitrogens with one attached hydrogen (secondary N) is 2. The molecule has 164 valence electrons. The van der Waals surface area contributed by atoms with Crippen LogP contribution in [0, 0.1) is 5.92 Å². The fourth-order valence-corrected chi connectivity index (χ4v) is 2.75. The number of hydrogen-bond donors (Lipinski definition) is 3. The second-order valence-corrected chi connectivity index (χ2v) is 7.06. The molecule has 3 N–H and O–H groups in total. The van der Waals surface area contributed by atoms with Gasteiger partial charge >= 0.3 is 5.97 Å². The average molecular weight is 417 g/mol. The largest absolute Gasteiger partial charge is 0.463 e. The van der Waals surface area contributed by atoms with Gasteiger partial charge in [-0.2, -0.15) is 0 Å². The molecule has 0 heterocycles. The van der Waals surface area contributed by atoms with Crippen LogP contribution in [0.15, 0.2) is 55.6 Å². The molecule has 2 amide bonds. The van der Waals surface area contributed by atoms with Crippen LogP contribution in [0.4, 0.5) is 0 Å². The molecule has 0 bridgehead atoms. The molecule has 0 saturated heterocycles. The summed E-state index contributed by atoms with van der Waals surface area (Å²) in [5.74, 6) is -1.66. The number of carbonyl (C=O) groups excluding carboxylic acids is 3. The van der Waals surface area contributed by atoms with E-state index in [9.17, 15) is 14.4 Å². The van der Waals surface area contributed by atoms with Crippen LogP contribution in [0.2, 0.25) is 0 Å². The molecule has 30 heavy (non-hydrogen) atoms. The van der Waals surface area contributed by atoms with Crippen molar-refractivity contribution >= 4 is 17.8 Å². The summed E-state index contributed by atoms with van der Waals surface area (Å²) in [7, 11) is 0. The first-order valence-corrected chi connectivity index (χ1v) is 10.0. The van der Waals surface area contributed by atoms with Crippen LogP contribution in [0.5, 0.6) is 0 Å². The lowest BCUT2D eigenvalue weighted by Gasteiger charge is -2.23. The number of aliphatic hydroxyl groups excluding tert-OH is 1. The van der Waals surface area contributed by atoms with Crippen molar-refractivity contribution in [3.05, 3.63) is 61.2 Å². The van der Waals surface area contributed by atoms with Crippen molar-refractivity contribution in [1.29, 1.82) is 0 Å². The van der Waals surface area contributed by atoms with Crippen molar-refractivity contribution in [3.8, 4) is 0 Å². The molecular weight excluding hydrogens is 384 g/mol. The number of hydrogen-bond acceptors (Lipinski definition) is 5. The normalized spacial score (nSPS) is 13.4. The van der Waals surface area contributed by atoms with Crippen LogP contribution in [-0.2, 0) is 19.1 Å². The van der Waals surface area contributed by atoms with Gasteiger partial charge in [0.1, 0.15) is 6.61 Å². The van der Waals surface area contributed by atoms with Gasteiger partial charge in [0.05, 0.1) is 18.6 Å². The first-order valence-electron chi connectivity index (χ1n) is 10.0.